The van der Waals surface area contributed by atoms with Crippen molar-refractivity contribution < 1.29 is 0 Å². The van der Waals surface area contributed by atoms with Gasteiger partial charge in [-0.3, -0.25) is 0 Å². The van der Waals surface area contributed by atoms with Crippen molar-refractivity contribution in [2.45, 2.75) is 39.5 Å². The van der Waals surface area contributed by atoms with Crippen molar-refractivity contribution in [3.8, 4) is 0 Å². The van der Waals surface area contributed by atoms with E-state index >= 15 is 0 Å². The van der Waals surface area contributed by atoms with Crippen molar-refractivity contribution in [1.29, 1.82) is 0 Å². The molecular formula is C11H18. The van der Waals surface area contributed by atoms with Gasteiger partial charge in [0.25, 0.3) is 0 Å². The highest BCUT2D eigenvalue weighted by atomic mass is 14.7. The third-order valence-electron chi connectivity index (χ3n) is 5.36. The lowest BCUT2D eigenvalue weighted by Gasteiger charge is -2.58. The maximum absolute atomic E-state index is 2.52. The second-order valence-corrected chi connectivity index (χ2v) is 5.11. The Labute approximate surface area is 69.4 Å². The van der Waals surface area contributed by atoms with Gasteiger partial charge in [-0.2, -0.15) is 0 Å². The minimum atomic E-state index is 0.908. The molecule has 0 saturated heterocycles. The van der Waals surface area contributed by atoms with Crippen LogP contribution in [0.3, 0.4) is 0 Å². The van der Waals surface area contributed by atoms with Gasteiger partial charge >= 0.3 is 0 Å². The molecule has 0 radical (unpaired) electrons. The molecule has 0 aromatic carbocycles. The summed E-state index contributed by atoms with van der Waals surface area (Å²) in [5.41, 5.74) is 0.908. The van der Waals surface area contributed by atoms with E-state index in [9.17, 15) is 0 Å². The highest BCUT2D eigenvalue weighted by Crippen LogP contribution is 2.78. The Morgan fingerprint density at radius 1 is 1.45 bits per heavy atom. The number of fused-ring (bicyclic) bond motifs is 1. The molecular weight excluding hydrogens is 132 g/mol. The average molecular weight is 150 g/mol. The second-order valence-electron chi connectivity index (χ2n) is 5.11. The number of hydrogen-bond donors (Lipinski definition) is 0. The van der Waals surface area contributed by atoms with E-state index in [2.05, 4.69) is 13.8 Å². The Morgan fingerprint density at radius 2 is 2.27 bits per heavy atom. The standard InChI is InChI=1S/C11H18/c1-3-8-7(2)11-5-4-10(11)9(8)6-11/h7-10H,3-6H2,1-2H3. The van der Waals surface area contributed by atoms with Gasteiger partial charge in [0.05, 0.1) is 0 Å². The molecule has 11 heavy (non-hydrogen) atoms. The summed E-state index contributed by atoms with van der Waals surface area (Å²) in [5, 5.41) is 0. The van der Waals surface area contributed by atoms with Crippen molar-refractivity contribution in [1.82, 2.24) is 0 Å². The first-order chi connectivity index (χ1) is 5.29. The quantitative estimate of drug-likeness (QED) is 0.539. The molecule has 0 nitrogen and oxygen atoms in total. The van der Waals surface area contributed by atoms with Crippen LogP contribution in [0.15, 0.2) is 0 Å². The van der Waals surface area contributed by atoms with Gasteiger partial charge in [-0.25, -0.2) is 0 Å². The zero-order valence-electron chi connectivity index (χ0n) is 7.64. The maximum atomic E-state index is 2.52. The molecule has 1 spiro atoms. The summed E-state index contributed by atoms with van der Waals surface area (Å²) in [6, 6.07) is 0. The first-order valence-electron chi connectivity index (χ1n) is 5.29. The number of hydrogen-bond acceptors (Lipinski definition) is 0. The molecule has 4 fully saturated rings. The lowest BCUT2D eigenvalue weighted by Crippen LogP contribution is -2.50. The molecule has 4 aliphatic rings. The largest absolute Gasteiger partial charge is 0.0651 e. The number of rotatable bonds is 1. The van der Waals surface area contributed by atoms with Crippen molar-refractivity contribution >= 4 is 0 Å². The Balaban J connectivity index is 1.93. The van der Waals surface area contributed by atoms with E-state index in [1.807, 2.05) is 0 Å². The third-order valence-corrected chi connectivity index (χ3v) is 5.36. The zero-order chi connectivity index (χ0) is 7.64. The summed E-state index contributed by atoms with van der Waals surface area (Å²) in [7, 11) is 0. The van der Waals surface area contributed by atoms with Gasteiger partial charge < -0.3 is 0 Å². The minimum Gasteiger partial charge on any atom is -0.0651 e. The van der Waals surface area contributed by atoms with Gasteiger partial charge in [0.2, 0.25) is 0 Å². The van der Waals surface area contributed by atoms with E-state index in [0.717, 1.165) is 17.3 Å². The average Bonchev–Trinajstić information content (AvgIpc) is 2.32. The Kier molecular flexibility index (Phi) is 0.990. The predicted molar refractivity (Wildman–Crippen MR) is 46.2 cm³/mol. The SMILES string of the molecule is CCC1C2CC3(CCC23)C1C. The molecule has 4 rings (SSSR count). The van der Waals surface area contributed by atoms with E-state index in [4.69, 9.17) is 0 Å². The molecule has 4 saturated carbocycles. The molecule has 4 aliphatic carbocycles. The van der Waals surface area contributed by atoms with Crippen LogP contribution in [0, 0.1) is 29.1 Å². The van der Waals surface area contributed by atoms with E-state index in [1.165, 1.54) is 18.3 Å². The van der Waals surface area contributed by atoms with Gasteiger partial charge in [-0.15, -0.1) is 0 Å². The van der Waals surface area contributed by atoms with E-state index < -0.39 is 0 Å². The summed E-state index contributed by atoms with van der Waals surface area (Å²) < 4.78 is 0. The molecule has 0 N–H and O–H groups in total. The second kappa shape index (κ2) is 1.67. The fraction of sp³-hybridized carbons (Fsp3) is 1.00. The van der Waals surface area contributed by atoms with Crippen molar-refractivity contribution in [2.24, 2.45) is 29.1 Å². The van der Waals surface area contributed by atoms with Crippen LogP contribution in [0.4, 0.5) is 0 Å². The first-order valence-corrected chi connectivity index (χ1v) is 5.29. The lowest BCUT2D eigenvalue weighted by molar-refractivity contribution is -0.0916. The molecule has 0 amide bonds. The third kappa shape index (κ3) is 0.467. The molecule has 0 aromatic heterocycles. The topological polar surface area (TPSA) is 0 Å². The minimum absolute atomic E-state index is 0.908. The summed E-state index contributed by atoms with van der Waals surface area (Å²) in [4.78, 5) is 0. The van der Waals surface area contributed by atoms with Crippen molar-refractivity contribution in [2.75, 3.05) is 0 Å². The van der Waals surface area contributed by atoms with Gasteiger partial charge in [-0.1, -0.05) is 20.3 Å². The van der Waals surface area contributed by atoms with Crippen molar-refractivity contribution in [3.63, 3.8) is 0 Å². The van der Waals surface area contributed by atoms with Crippen LogP contribution in [0.5, 0.6) is 0 Å². The van der Waals surface area contributed by atoms with Crippen LogP contribution in [0.2, 0.25) is 0 Å². The molecule has 5 atom stereocenters. The first kappa shape index (κ1) is 6.51. The maximum Gasteiger partial charge on any atom is -0.0235 e. The smallest absolute Gasteiger partial charge is 0.0235 e. The van der Waals surface area contributed by atoms with Gasteiger partial charge in [0.1, 0.15) is 0 Å². The van der Waals surface area contributed by atoms with Crippen LogP contribution >= 0.6 is 0 Å². The van der Waals surface area contributed by atoms with Gasteiger partial charge in [0.15, 0.2) is 0 Å². The molecule has 2 bridgehead atoms. The van der Waals surface area contributed by atoms with E-state index in [-0.39, 0.29) is 0 Å². The Hall–Kier alpha value is 0. The van der Waals surface area contributed by atoms with Crippen molar-refractivity contribution in [3.05, 3.63) is 0 Å². The monoisotopic (exact) mass is 150 g/mol. The van der Waals surface area contributed by atoms with Crippen LogP contribution in [-0.2, 0) is 0 Å². The highest BCUT2D eigenvalue weighted by Gasteiger charge is 2.70. The normalized spacial score (nSPS) is 64.9. The van der Waals surface area contributed by atoms with E-state index in [0.29, 0.717) is 0 Å². The van der Waals surface area contributed by atoms with Crippen LogP contribution in [0.1, 0.15) is 39.5 Å². The van der Waals surface area contributed by atoms with E-state index in [1.54, 1.807) is 19.3 Å². The lowest BCUT2D eigenvalue weighted by atomic mass is 9.46. The molecule has 62 valence electrons. The molecule has 5 unspecified atom stereocenters. The van der Waals surface area contributed by atoms with Crippen LogP contribution < -0.4 is 0 Å². The molecule has 0 heteroatoms. The summed E-state index contributed by atoms with van der Waals surface area (Å²) in [5.74, 6) is 4.56. The zero-order valence-corrected chi connectivity index (χ0v) is 7.64. The summed E-state index contributed by atoms with van der Waals surface area (Å²) >= 11 is 0. The molecule has 0 aromatic rings. The fourth-order valence-corrected chi connectivity index (χ4v) is 4.65. The Bertz CT molecular complexity index is 196. The fourth-order valence-electron chi connectivity index (χ4n) is 4.65. The highest BCUT2D eigenvalue weighted by molar-refractivity contribution is 5.19. The molecule has 0 heterocycles. The summed E-state index contributed by atoms with van der Waals surface area (Å²) in [6.07, 6.45) is 6.21. The van der Waals surface area contributed by atoms with Crippen LogP contribution in [-0.4, -0.2) is 0 Å². The van der Waals surface area contributed by atoms with Crippen LogP contribution in [0.25, 0.3) is 0 Å². The van der Waals surface area contributed by atoms with Gasteiger partial charge in [0, 0.05) is 0 Å². The molecule has 0 aliphatic heterocycles. The van der Waals surface area contributed by atoms with Gasteiger partial charge in [-0.05, 0) is 48.3 Å². The summed E-state index contributed by atoms with van der Waals surface area (Å²) in [6.45, 7) is 4.91. The predicted octanol–water partition coefficient (Wildman–Crippen LogP) is 3.08. The Morgan fingerprint density at radius 3 is 2.55 bits per heavy atom.